The van der Waals surface area contributed by atoms with Crippen molar-refractivity contribution in [2.45, 2.75) is 54.4 Å². The van der Waals surface area contributed by atoms with Crippen LogP contribution in [0.25, 0.3) is 11.1 Å². The van der Waals surface area contributed by atoms with Crippen molar-refractivity contribution in [1.29, 1.82) is 0 Å². The number of rotatable bonds is 3. The molecule has 0 radical (unpaired) electrons. The molecule has 0 spiro atoms. The number of hydrogen-bond donors (Lipinski definition) is 2. The average molecular weight is 298 g/mol. The molecule has 0 unspecified atom stereocenters. The molecule has 0 amide bonds. The molecule has 2 rings (SSSR count). The molecule has 0 aliphatic rings. The summed E-state index contributed by atoms with van der Waals surface area (Å²) in [5, 5.41) is 20.4. The number of phenolic OH excluding ortho intramolecular Hbond substituents is 2. The van der Waals surface area contributed by atoms with Crippen LogP contribution in [-0.4, -0.2) is 10.2 Å². The maximum atomic E-state index is 10.2. The van der Waals surface area contributed by atoms with Crippen molar-refractivity contribution in [3.8, 4) is 22.6 Å². The highest BCUT2D eigenvalue weighted by Crippen LogP contribution is 2.41. The smallest absolute Gasteiger partial charge is 0.119 e. The summed E-state index contributed by atoms with van der Waals surface area (Å²) >= 11 is 0. The Morgan fingerprint density at radius 3 is 1.27 bits per heavy atom. The Morgan fingerprint density at radius 2 is 1.00 bits per heavy atom. The SMILES string of the molecule is CCc1c(O)cc(C)c(-c2c(C)cc(O)c(CC)c2C)c1C. The number of hydrogen-bond acceptors (Lipinski definition) is 2. The van der Waals surface area contributed by atoms with Crippen LogP contribution in [0.3, 0.4) is 0 Å². The number of aryl methyl sites for hydroxylation is 2. The summed E-state index contributed by atoms with van der Waals surface area (Å²) in [4.78, 5) is 0. The van der Waals surface area contributed by atoms with Gasteiger partial charge in [-0.2, -0.15) is 0 Å². The lowest BCUT2D eigenvalue weighted by atomic mass is 9.84. The first-order chi connectivity index (χ1) is 10.3. The van der Waals surface area contributed by atoms with E-state index < -0.39 is 0 Å². The standard InChI is InChI=1S/C20H26O2/c1-7-15-13(5)19(11(3)9-17(15)21)20-12(4)10-18(22)16(8-2)14(20)6/h9-10,21-22H,7-8H2,1-6H3. The van der Waals surface area contributed by atoms with E-state index in [1.165, 1.54) is 11.1 Å². The van der Waals surface area contributed by atoms with E-state index in [1.807, 2.05) is 26.0 Å². The van der Waals surface area contributed by atoms with Crippen molar-refractivity contribution in [3.05, 3.63) is 45.5 Å². The Labute approximate surface area is 133 Å². The van der Waals surface area contributed by atoms with Crippen LogP contribution in [-0.2, 0) is 12.8 Å². The molecule has 0 heterocycles. The molecule has 0 atom stereocenters. The molecule has 0 saturated carbocycles. The first-order valence-corrected chi connectivity index (χ1v) is 7.97. The lowest BCUT2D eigenvalue weighted by Crippen LogP contribution is -2.01. The average Bonchev–Trinajstić information content (AvgIpc) is 2.42. The second-order valence-electron chi connectivity index (χ2n) is 6.09. The van der Waals surface area contributed by atoms with Crippen LogP contribution in [0.4, 0.5) is 0 Å². The van der Waals surface area contributed by atoms with Crippen LogP contribution in [0, 0.1) is 27.7 Å². The Morgan fingerprint density at radius 1 is 0.682 bits per heavy atom. The lowest BCUT2D eigenvalue weighted by molar-refractivity contribution is 0.467. The summed E-state index contributed by atoms with van der Waals surface area (Å²) in [5.74, 6) is 0.761. The van der Waals surface area contributed by atoms with Crippen molar-refractivity contribution in [3.63, 3.8) is 0 Å². The highest BCUT2D eigenvalue weighted by atomic mass is 16.3. The molecule has 22 heavy (non-hydrogen) atoms. The lowest BCUT2D eigenvalue weighted by Gasteiger charge is -2.21. The molecule has 118 valence electrons. The molecule has 0 aliphatic carbocycles. The molecule has 0 bridgehead atoms. The minimum atomic E-state index is 0.381. The van der Waals surface area contributed by atoms with Crippen LogP contribution >= 0.6 is 0 Å². The first kappa shape index (κ1) is 16.4. The molecule has 0 aliphatic heterocycles. The summed E-state index contributed by atoms with van der Waals surface area (Å²) in [6.45, 7) is 12.4. The predicted octanol–water partition coefficient (Wildman–Crippen LogP) is 5.12. The van der Waals surface area contributed by atoms with E-state index in [0.717, 1.165) is 46.2 Å². The minimum Gasteiger partial charge on any atom is -0.508 e. The van der Waals surface area contributed by atoms with Crippen molar-refractivity contribution in [2.75, 3.05) is 0 Å². The van der Waals surface area contributed by atoms with Gasteiger partial charge in [0, 0.05) is 0 Å². The number of aromatic hydroxyl groups is 2. The normalized spacial score (nSPS) is 11.0. The fourth-order valence-electron chi connectivity index (χ4n) is 3.67. The molecule has 2 nitrogen and oxygen atoms in total. The molecule has 2 aromatic rings. The van der Waals surface area contributed by atoms with Crippen molar-refractivity contribution in [2.24, 2.45) is 0 Å². The summed E-state index contributed by atoms with van der Waals surface area (Å²) in [5.41, 5.74) is 8.82. The third kappa shape index (κ3) is 2.47. The highest BCUT2D eigenvalue weighted by molar-refractivity contribution is 5.80. The predicted molar refractivity (Wildman–Crippen MR) is 92.9 cm³/mol. The fourth-order valence-corrected chi connectivity index (χ4v) is 3.67. The van der Waals surface area contributed by atoms with Gasteiger partial charge in [-0.3, -0.25) is 0 Å². The molecular formula is C20H26O2. The van der Waals surface area contributed by atoms with Gasteiger partial charge < -0.3 is 10.2 Å². The topological polar surface area (TPSA) is 40.5 Å². The largest absolute Gasteiger partial charge is 0.508 e. The Kier molecular flexibility index (Phi) is 4.50. The van der Waals surface area contributed by atoms with Gasteiger partial charge in [-0.1, -0.05) is 13.8 Å². The first-order valence-electron chi connectivity index (χ1n) is 7.97. The van der Waals surface area contributed by atoms with E-state index in [-0.39, 0.29) is 0 Å². The molecule has 0 aromatic heterocycles. The van der Waals surface area contributed by atoms with Gasteiger partial charge in [-0.25, -0.2) is 0 Å². The zero-order valence-electron chi connectivity index (χ0n) is 14.5. The van der Waals surface area contributed by atoms with Gasteiger partial charge in [0.1, 0.15) is 11.5 Å². The maximum Gasteiger partial charge on any atom is 0.119 e. The van der Waals surface area contributed by atoms with E-state index in [2.05, 4.69) is 27.7 Å². The summed E-state index contributed by atoms with van der Waals surface area (Å²) in [6, 6.07) is 3.72. The van der Waals surface area contributed by atoms with Gasteiger partial charge in [0.25, 0.3) is 0 Å². The summed E-state index contributed by atoms with van der Waals surface area (Å²) in [6.07, 6.45) is 1.61. The van der Waals surface area contributed by atoms with Gasteiger partial charge in [0.05, 0.1) is 0 Å². The number of benzene rings is 2. The number of phenols is 2. The zero-order chi connectivity index (χ0) is 16.6. The monoisotopic (exact) mass is 298 g/mol. The van der Waals surface area contributed by atoms with E-state index in [4.69, 9.17) is 0 Å². The van der Waals surface area contributed by atoms with E-state index in [9.17, 15) is 10.2 Å². The zero-order valence-corrected chi connectivity index (χ0v) is 14.5. The maximum absolute atomic E-state index is 10.2. The summed E-state index contributed by atoms with van der Waals surface area (Å²) < 4.78 is 0. The van der Waals surface area contributed by atoms with Crippen molar-refractivity contribution >= 4 is 0 Å². The second-order valence-corrected chi connectivity index (χ2v) is 6.09. The third-order valence-corrected chi connectivity index (χ3v) is 4.73. The highest BCUT2D eigenvalue weighted by Gasteiger charge is 2.19. The Balaban J connectivity index is 2.89. The van der Waals surface area contributed by atoms with E-state index in [0.29, 0.717) is 11.5 Å². The van der Waals surface area contributed by atoms with Crippen LogP contribution in [0.15, 0.2) is 12.1 Å². The van der Waals surface area contributed by atoms with Crippen LogP contribution < -0.4 is 0 Å². The fraction of sp³-hybridized carbons (Fsp3) is 0.400. The van der Waals surface area contributed by atoms with Crippen molar-refractivity contribution in [1.82, 2.24) is 0 Å². The van der Waals surface area contributed by atoms with Crippen LogP contribution in [0.1, 0.15) is 47.2 Å². The van der Waals surface area contributed by atoms with Gasteiger partial charge in [-0.15, -0.1) is 0 Å². The molecule has 2 aromatic carbocycles. The van der Waals surface area contributed by atoms with E-state index in [1.54, 1.807) is 0 Å². The third-order valence-electron chi connectivity index (χ3n) is 4.73. The Bertz CT molecular complexity index is 664. The van der Waals surface area contributed by atoms with Gasteiger partial charge in [0.2, 0.25) is 0 Å². The molecular weight excluding hydrogens is 272 g/mol. The Hall–Kier alpha value is -1.96. The van der Waals surface area contributed by atoms with Gasteiger partial charge in [-0.05, 0) is 97.2 Å². The van der Waals surface area contributed by atoms with Crippen molar-refractivity contribution < 1.29 is 10.2 Å². The minimum absolute atomic E-state index is 0.381. The van der Waals surface area contributed by atoms with Gasteiger partial charge in [0.15, 0.2) is 0 Å². The molecule has 0 saturated heterocycles. The second kappa shape index (κ2) is 6.04. The van der Waals surface area contributed by atoms with E-state index >= 15 is 0 Å². The quantitative estimate of drug-likeness (QED) is 0.825. The molecule has 0 fully saturated rings. The van der Waals surface area contributed by atoms with Gasteiger partial charge >= 0.3 is 0 Å². The van der Waals surface area contributed by atoms with Crippen LogP contribution in [0.2, 0.25) is 0 Å². The van der Waals surface area contributed by atoms with Crippen LogP contribution in [0.5, 0.6) is 11.5 Å². The molecule has 2 N–H and O–H groups in total. The summed E-state index contributed by atoms with van der Waals surface area (Å²) in [7, 11) is 0. The molecule has 2 heteroatoms.